The molecule has 0 aliphatic carbocycles. The van der Waals surface area contributed by atoms with E-state index in [4.69, 9.17) is 4.74 Å². The lowest BCUT2D eigenvalue weighted by Crippen LogP contribution is -2.38. The number of esters is 1. The molecule has 1 N–H and O–H groups in total. The second-order valence-corrected chi connectivity index (χ2v) is 4.80. The molecule has 0 unspecified atom stereocenters. The molecule has 1 aliphatic rings. The van der Waals surface area contributed by atoms with Crippen LogP contribution in [0.3, 0.4) is 0 Å². The van der Waals surface area contributed by atoms with Crippen molar-refractivity contribution in [3.05, 3.63) is 34.3 Å². The molecule has 0 radical (unpaired) electrons. The third-order valence-electron chi connectivity index (χ3n) is 2.52. The van der Waals surface area contributed by atoms with Gasteiger partial charge in [0.25, 0.3) is 0 Å². The van der Waals surface area contributed by atoms with Crippen LogP contribution in [0, 0.1) is 0 Å². The van der Waals surface area contributed by atoms with Crippen LogP contribution in [0.25, 0.3) is 0 Å². The highest BCUT2D eigenvalue weighted by Gasteiger charge is 2.27. The van der Waals surface area contributed by atoms with Crippen molar-refractivity contribution in [2.24, 2.45) is 0 Å². The van der Waals surface area contributed by atoms with Crippen LogP contribution < -0.4 is 5.32 Å². The summed E-state index contributed by atoms with van der Waals surface area (Å²) in [5, 5.41) is 2.67. The molecule has 1 saturated heterocycles. The summed E-state index contributed by atoms with van der Waals surface area (Å²) < 4.78 is 5.71. The minimum atomic E-state index is -0.477. The molecule has 0 spiro atoms. The van der Waals surface area contributed by atoms with Gasteiger partial charge in [0.2, 0.25) is 5.91 Å². The van der Waals surface area contributed by atoms with Crippen LogP contribution >= 0.6 is 15.9 Å². The first-order valence-corrected chi connectivity index (χ1v) is 6.15. The van der Waals surface area contributed by atoms with Crippen molar-refractivity contribution >= 4 is 27.8 Å². The second-order valence-electron chi connectivity index (χ2n) is 3.88. The van der Waals surface area contributed by atoms with Crippen LogP contribution in [0.1, 0.15) is 12.0 Å². The lowest BCUT2D eigenvalue weighted by Gasteiger charge is -2.08. The van der Waals surface area contributed by atoms with Gasteiger partial charge in [-0.15, -0.1) is 0 Å². The van der Waals surface area contributed by atoms with Crippen molar-refractivity contribution in [3.63, 3.8) is 0 Å². The summed E-state index contributed by atoms with van der Waals surface area (Å²) in [5.74, 6) is -0.500. The number of halogens is 1. The topological polar surface area (TPSA) is 55.4 Å². The molecule has 1 amide bonds. The molecule has 0 bridgehead atoms. The Hall–Kier alpha value is -1.36. The standard InChI is InChI=1S/C12H12BrNO3/c13-9-3-1-2-8(6-9)7-11(15)14-10-4-5-17-12(10)16/h1-3,6,10H,4-5,7H2,(H,14,15)/t10-/m1/s1. The molecule has 1 aromatic rings. The van der Waals surface area contributed by atoms with E-state index in [1.165, 1.54) is 0 Å². The predicted molar refractivity (Wildman–Crippen MR) is 65.4 cm³/mol. The molecule has 0 aromatic heterocycles. The number of benzene rings is 1. The maximum atomic E-state index is 11.7. The Morgan fingerprint density at radius 2 is 2.35 bits per heavy atom. The highest BCUT2D eigenvalue weighted by atomic mass is 79.9. The molecule has 1 aliphatic heterocycles. The maximum Gasteiger partial charge on any atom is 0.328 e. The van der Waals surface area contributed by atoms with E-state index >= 15 is 0 Å². The SMILES string of the molecule is O=C(Cc1cccc(Br)c1)N[C@@H]1CCOC1=O. The van der Waals surface area contributed by atoms with Crippen molar-refractivity contribution in [1.82, 2.24) is 5.32 Å². The first-order chi connectivity index (χ1) is 8.15. The quantitative estimate of drug-likeness (QED) is 0.859. The van der Waals surface area contributed by atoms with Crippen molar-refractivity contribution < 1.29 is 14.3 Å². The number of amides is 1. The Balaban J connectivity index is 1.91. The van der Waals surface area contributed by atoms with Gasteiger partial charge < -0.3 is 10.1 Å². The van der Waals surface area contributed by atoms with Gasteiger partial charge in [-0.2, -0.15) is 0 Å². The molecule has 1 fully saturated rings. The Labute approximate surface area is 107 Å². The zero-order chi connectivity index (χ0) is 12.3. The lowest BCUT2D eigenvalue weighted by molar-refractivity contribution is -0.141. The van der Waals surface area contributed by atoms with Gasteiger partial charge in [-0.25, -0.2) is 4.79 Å². The molecule has 17 heavy (non-hydrogen) atoms. The molecule has 1 atom stereocenters. The van der Waals surface area contributed by atoms with Crippen LogP contribution in [-0.4, -0.2) is 24.5 Å². The normalized spacial score (nSPS) is 18.9. The minimum absolute atomic E-state index is 0.160. The van der Waals surface area contributed by atoms with Gasteiger partial charge in [0.05, 0.1) is 13.0 Å². The zero-order valence-electron chi connectivity index (χ0n) is 9.11. The Kier molecular flexibility index (Phi) is 3.78. The van der Waals surface area contributed by atoms with Crippen molar-refractivity contribution in [1.29, 1.82) is 0 Å². The van der Waals surface area contributed by atoms with Gasteiger partial charge in [-0.3, -0.25) is 4.79 Å². The highest BCUT2D eigenvalue weighted by Crippen LogP contribution is 2.12. The van der Waals surface area contributed by atoms with E-state index in [1.54, 1.807) is 0 Å². The van der Waals surface area contributed by atoms with Crippen LogP contribution in [-0.2, 0) is 20.7 Å². The fraction of sp³-hybridized carbons (Fsp3) is 0.333. The van der Waals surface area contributed by atoms with E-state index in [0.29, 0.717) is 13.0 Å². The fourth-order valence-electron chi connectivity index (χ4n) is 1.70. The van der Waals surface area contributed by atoms with E-state index < -0.39 is 6.04 Å². The summed E-state index contributed by atoms with van der Waals surface area (Å²) >= 11 is 3.34. The predicted octanol–water partition coefficient (Wildman–Crippen LogP) is 1.42. The highest BCUT2D eigenvalue weighted by molar-refractivity contribution is 9.10. The molecular formula is C12H12BrNO3. The monoisotopic (exact) mass is 297 g/mol. The third kappa shape index (κ3) is 3.30. The number of hydrogen-bond acceptors (Lipinski definition) is 3. The summed E-state index contributed by atoms with van der Waals surface area (Å²) in [6.07, 6.45) is 0.826. The Morgan fingerprint density at radius 3 is 3.00 bits per heavy atom. The van der Waals surface area contributed by atoms with Crippen molar-refractivity contribution in [3.8, 4) is 0 Å². The summed E-state index contributed by atoms with van der Waals surface area (Å²) in [4.78, 5) is 22.9. The van der Waals surface area contributed by atoms with Gasteiger partial charge in [-0.05, 0) is 17.7 Å². The number of carbonyl (C=O) groups excluding carboxylic acids is 2. The van der Waals surface area contributed by atoms with Gasteiger partial charge >= 0.3 is 5.97 Å². The molecule has 4 nitrogen and oxygen atoms in total. The summed E-state index contributed by atoms with van der Waals surface area (Å²) in [7, 11) is 0. The van der Waals surface area contributed by atoms with Crippen LogP contribution in [0.2, 0.25) is 0 Å². The summed E-state index contributed by atoms with van der Waals surface area (Å²) in [5.41, 5.74) is 0.906. The Bertz CT molecular complexity index is 447. The first kappa shape index (κ1) is 12.1. The largest absolute Gasteiger partial charge is 0.464 e. The number of ether oxygens (including phenoxy) is 1. The zero-order valence-corrected chi connectivity index (χ0v) is 10.7. The smallest absolute Gasteiger partial charge is 0.328 e. The van der Waals surface area contributed by atoms with Gasteiger partial charge in [-0.1, -0.05) is 28.1 Å². The third-order valence-corrected chi connectivity index (χ3v) is 3.02. The number of hydrogen-bond donors (Lipinski definition) is 1. The molecule has 5 heteroatoms. The van der Waals surface area contributed by atoms with Crippen LogP contribution in [0.15, 0.2) is 28.7 Å². The minimum Gasteiger partial charge on any atom is -0.464 e. The second kappa shape index (κ2) is 5.31. The summed E-state index contributed by atoms with van der Waals surface area (Å²) in [6, 6.07) is 7.05. The van der Waals surface area contributed by atoms with E-state index in [-0.39, 0.29) is 18.3 Å². The van der Waals surface area contributed by atoms with Gasteiger partial charge in [0, 0.05) is 10.9 Å². The van der Waals surface area contributed by atoms with E-state index in [2.05, 4.69) is 21.2 Å². The average Bonchev–Trinajstić information content (AvgIpc) is 2.64. The molecule has 1 heterocycles. The molecule has 2 rings (SSSR count). The average molecular weight is 298 g/mol. The molecule has 1 aromatic carbocycles. The van der Waals surface area contributed by atoms with Crippen LogP contribution in [0.4, 0.5) is 0 Å². The summed E-state index contributed by atoms with van der Waals surface area (Å²) in [6.45, 7) is 0.390. The lowest BCUT2D eigenvalue weighted by atomic mass is 10.1. The fourth-order valence-corrected chi connectivity index (χ4v) is 2.15. The van der Waals surface area contributed by atoms with Crippen molar-refractivity contribution in [2.45, 2.75) is 18.9 Å². The molecule has 90 valence electrons. The molecular weight excluding hydrogens is 286 g/mol. The maximum absolute atomic E-state index is 11.7. The number of carbonyl (C=O) groups is 2. The number of cyclic esters (lactones) is 1. The Morgan fingerprint density at radius 1 is 1.53 bits per heavy atom. The van der Waals surface area contributed by atoms with E-state index in [9.17, 15) is 9.59 Å². The first-order valence-electron chi connectivity index (χ1n) is 5.35. The van der Waals surface area contributed by atoms with E-state index in [0.717, 1.165) is 10.0 Å². The number of rotatable bonds is 3. The van der Waals surface area contributed by atoms with Gasteiger partial charge in [0.15, 0.2) is 0 Å². The van der Waals surface area contributed by atoms with Gasteiger partial charge in [0.1, 0.15) is 6.04 Å². The number of nitrogens with one attached hydrogen (secondary N) is 1. The van der Waals surface area contributed by atoms with Crippen LogP contribution in [0.5, 0.6) is 0 Å². The van der Waals surface area contributed by atoms with E-state index in [1.807, 2.05) is 24.3 Å². The molecule has 0 saturated carbocycles. The van der Waals surface area contributed by atoms with Crippen molar-refractivity contribution in [2.75, 3.05) is 6.61 Å².